The van der Waals surface area contributed by atoms with Gasteiger partial charge in [0.25, 0.3) is 0 Å². The fraction of sp³-hybridized carbons (Fsp3) is 0.586. The number of nitrogens with zero attached hydrogens (tertiary/aromatic N) is 2. The Morgan fingerprint density at radius 1 is 1.14 bits per heavy atom. The van der Waals surface area contributed by atoms with E-state index in [0.29, 0.717) is 6.04 Å². The van der Waals surface area contributed by atoms with Gasteiger partial charge < -0.3 is 10.4 Å². The zero-order valence-electron chi connectivity index (χ0n) is 24.0. The third-order valence-corrected chi connectivity index (χ3v) is 4.78. The molecular weight excluding hydrogens is 458 g/mol. The Morgan fingerprint density at radius 3 is 2.20 bits per heavy atom. The van der Waals surface area contributed by atoms with Gasteiger partial charge in [-0.25, -0.2) is 0 Å². The molecular formula is C29H52ClN3O2. The fourth-order valence-corrected chi connectivity index (χ4v) is 2.93. The summed E-state index contributed by atoms with van der Waals surface area (Å²) in [7, 11) is 0. The Kier molecular flexibility index (Phi) is 26.7. The van der Waals surface area contributed by atoms with Crippen LogP contribution < -0.4 is 5.32 Å². The number of carbonyl (C=O) groups is 1. The molecule has 0 saturated carbocycles. The average molecular weight is 510 g/mol. The van der Waals surface area contributed by atoms with Gasteiger partial charge in [0, 0.05) is 34.9 Å². The summed E-state index contributed by atoms with van der Waals surface area (Å²) in [6.45, 7) is 26.7. The van der Waals surface area contributed by atoms with Crippen LogP contribution in [0, 0.1) is 5.92 Å². The summed E-state index contributed by atoms with van der Waals surface area (Å²) < 4.78 is 0. The van der Waals surface area contributed by atoms with Gasteiger partial charge in [0.05, 0.1) is 11.4 Å². The van der Waals surface area contributed by atoms with Gasteiger partial charge in [-0.05, 0) is 57.1 Å². The number of pyridine rings is 1. The molecule has 0 spiro atoms. The molecule has 1 aromatic heterocycles. The summed E-state index contributed by atoms with van der Waals surface area (Å²) >= 11 is 6.04. The van der Waals surface area contributed by atoms with E-state index in [1.165, 1.54) is 6.42 Å². The molecule has 202 valence electrons. The number of aliphatic carboxylic acids is 1. The van der Waals surface area contributed by atoms with Crippen molar-refractivity contribution >= 4 is 34.2 Å². The zero-order chi connectivity index (χ0) is 27.8. The SMILES string of the molecule is C=CCN(CC)CCCC(C)Nc1ccnc2cc(Cl)ccc12.CC.CC.CC.CC(C)C(=O)O. The number of carboxylic acids is 1. The zero-order valence-corrected chi connectivity index (χ0v) is 24.7. The van der Waals surface area contributed by atoms with Crippen LogP contribution in [0.2, 0.25) is 5.02 Å². The summed E-state index contributed by atoms with van der Waals surface area (Å²) in [6, 6.07) is 8.29. The van der Waals surface area contributed by atoms with Crippen LogP contribution in [0.3, 0.4) is 0 Å². The fourth-order valence-electron chi connectivity index (χ4n) is 2.77. The number of anilines is 1. The molecule has 0 fully saturated rings. The van der Waals surface area contributed by atoms with E-state index in [-0.39, 0.29) is 5.92 Å². The van der Waals surface area contributed by atoms with E-state index in [1.807, 2.05) is 78.1 Å². The number of aromatic nitrogens is 1. The molecule has 2 N–H and O–H groups in total. The van der Waals surface area contributed by atoms with Crippen molar-refractivity contribution in [3.63, 3.8) is 0 Å². The monoisotopic (exact) mass is 509 g/mol. The van der Waals surface area contributed by atoms with Gasteiger partial charge in [-0.2, -0.15) is 0 Å². The highest BCUT2D eigenvalue weighted by Gasteiger charge is 2.08. The second-order valence-corrected chi connectivity index (χ2v) is 7.82. The quantitative estimate of drug-likeness (QED) is 0.313. The lowest BCUT2D eigenvalue weighted by molar-refractivity contribution is -0.140. The first-order valence-electron chi connectivity index (χ1n) is 13.1. The van der Waals surface area contributed by atoms with Crippen LogP contribution in [-0.4, -0.2) is 46.6 Å². The van der Waals surface area contributed by atoms with Crippen LogP contribution in [-0.2, 0) is 4.79 Å². The number of halogens is 1. The molecule has 35 heavy (non-hydrogen) atoms. The first-order valence-corrected chi connectivity index (χ1v) is 13.5. The topological polar surface area (TPSA) is 65.5 Å². The van der Waals surface area contributed by atoms with Gasteiger partial charge in [0.15, 0.2) is 0 Å². The number of likely N-dealkylation sites (N-methyl/N-ethyl adjacent to an activating group) is 1. The second kappa shape index (κ2) is 25.0. The molecule has 1 unspecified atom stereocenters. The normalized spacial score (nSPS) is 10.3. The third kappa shape index (κ3) is 17.9. The molecule has 0 aliphatic rings. The van der Waals surface area contributed by atoms with Crippen molar-refractivity contribution in [2.45, 2.75) is 88.1 Å². The van der Waals surface area contributed by atoms with Crippen LogP contribution in [0.15, 0.2) is 43.1 Å². The molecule has 0 bridgehead atoms. The van der Waals surface area contributed by atoms with Crippen LogP contribution >= 0.6 is 11.6 Å². The third-order valence-electron chi connectivity index (χ3n) is 4.55. The van der Waals surface area contributed by atoms with Gasteiger partial charge in [-0.3, -0.25) is 14.7 Å². The molecule has 2 aromatic rings. The number of nitrogens with one attached hydrogen (secondary N) is 1. The Morgan fingerprint density at radius 2 is 1.71 bits per heavy atom. The van der Waals surface area contributed by atoms with E-state index in [9.17, 15) is 4.79 Å². The first-order chi connectivity index (χ1) is 16.8. The maximum absolute atomic E-state index is 9.70. The summed E-state index contributed by atoms with van der Waals surface area (Å²) in [5.74, 6) is -0.972. The van der Waals surface area contributed by atoms with Gasteiger partial charge in [0.2, 0.25) is 0 Å². The molecule has 1 aromatic carbocycles. The number of hydrogen-bond donors (Lipinski definition) is 2. The summed E-state index contributed by atoms with van der Waals surface area (Å²) in [5.41, 5.74) is 2.05. The molecule has 5 nitrogen and oxygen atoms in total. The Labute approximate surface area is 221 Å². The van der Waals surface area contributed by atoms with Crippen LogP contribution in [0.25, 0.3) is 10.9 Å². The van der Waals surface area contributed by atoms with Crippen LogP contribution in [0.1, 0.15) is 82.1 Å². The highest BCUT2D eigenvalue weighted by atomic mass is 35.5. The van der Waals surface area contributed by atoms with Crippen molar-refractivity contribution in [2.24, 2.45) is 5.92 Å². The largest absolute Gasteiger partial charge is 0.481 e. The number of carboxylic acid groups (broad SMARTS) is 1. The maximum Gasteiger partial charge on any atom is 0.305 e. The molecule has 0 radical (unpaired) electrons. The minimum atomic E-state index is -0.741. The molecule has 0 saturated heterocycles. The smallest absolute Gasteiger partial charge is 0.305 e. The lowest BCUT2D eigenvalue weighted by Gasteiger charge is -2.21. The van der Waals surface area contributed by atoms with Gasteiger partial charge in [-0.1, -0.05) is 80.0 Å². The highest BCUT2D eigenvalue weighted by Crippen LogP contribution is 2.25. The maximum atomic E-state index is 9.70. The lowest BCUT2D eigenvalue weighted by atomic mass is 10.1. The second-order valence-electron chi connectivity index (χ2n) is 7.38. The van der Waals surface area contributed by atoms with Crippen molar-refractivity contribution in [3.8, 4) is 0 Å². The molecule has 1 atom stereocenters. The predicted octanol–water partition coefficient (Wildman–Crippen LogP) is 8.78. The molecule has 2 rings (SSSR count). The van der Waals surface area contributed by atoms with Crippen LogP contribution in [0.4, 0.5) is 5.69 Å². The number of fused-ring (bicyclic) bond motifs is 1. The minimum absolute atomic E-state index is 0.231. The number of hydrogen-bond acceptors (Lipinski definition) is 4. The van der Waals surface area contributed by atoms with Crippen molar-refractivity contribution in [2.75, 3.05) is 25.0 Å². The highest BCUT2D eigenvalue weighted by molar-refractivity contribution is 6.31. The Balaban J connectivity index is -0.000000724. The van der Waals surface area contributed by atoms with Crippen molar-refractivity contribution in [1.29, 1.82) is 0 Å². The Hall–Kier alpha value is -2.11. The van der Waals surface area contributed by atoms with Crippen molar-refractivity contribution < 1.29 is 9.90 Å². The molecule has 1 heterocycles. The van der Waals surface area contributed by atoms with Crippen LogP contribution in [0.5, 0.6) is 0 Å². The number of rotatable bonds is 10. The molecule has 0 aliphatic heterocycles. The van der Waals surface area contributed by atoms with Gasteiger partial charge in [0.1, 0.15) is 0 Å². The summed E-state index contributed by atoms with van der Waals surface area (Å²) in [5, 5.41) is 13.4. The standard InChI is InChI=1S/C19H26ClN3.C4H8O2.3C2H6/c1-4-12-23(5-2)13-6-7-15(3)22-18-10-11-21-19-14-16(20)8-9-17(18)19;1-3(2)4(5)6;3*1-2/h4,8-11,14-15H,1,5-7,12-13H2,2-3H3,(H,21,22);3H,1-2H3,(H,5,6);3*1-2H3. The van der Waals surface area contributed by atoms with E-state index in [1.54, 1.807) is 13.8 Å². The summed E-state index contributed by atoms with van der Waals surface area (Å²) in [6.07, 6.45) is 6.10. The lowest BCUT2D eigenvalue weighted by Crippen LogP contribution is -2.26. The van der Waals surface area contributed by atoms with E-state index in [0.717, 1.165) is 47.7 Å². The van der Waals surface area contributed by atoms with E-state index >= 15 is 0 Å². The van der Waals surface area contributed by atoms with E-state index in [4.69, 9.17) is 16.7 Å². The average Bonchev–Trinajstić information content (AvgIpc) is 2.87. The minimum Gasteiger partial charge on any atom is -0.481 e. The van der Waals surface area contributed by atoms with E-state index in [2.05, 4.69) is 35.6 Å². The van der Waals surface area contributed by atoms with Crippen molar-refractivity contribution in [1.82, 2.24) is 9.88 Å². The molecule has 0 aliphatic carbocycles. The van der Waals surface area contributed by atoms with Gasteiger partial charge in [-0.15, -0.1) is 6.58 Å². The first kappa shape index (κ1) is 37.4. The molecule has 0 amide bonds. The van der Waals surface area contributed by atoms with Crippen molar-refractivity contribution in [3.05, 3.63) is 48.1 Å². The Bertz CT molecular complexity index is 782. The van der Waals surface area contributed by atoms with E-state index < -0.39 is 5.97 Å². The predicted molar refractivity (Wildman–Crippen MR) is 158 cm³/mol. The van der Waals surface area contributed by atoms with Gasteiger partial charge >= 0.3 is 5.97 Å². The molecule has 6 heteroatoms. The number of benzene rings is 1. The summed E-state index contributed by atoms with van der Waals surface area (Å²) in [4.78, 5) is 16.5.